The van der Waals surface area contributed by atoms with Gasteiger partial charge in [0.15, 0.2) is 0 Å². The third kappa shape index (κ3) is 4.02. The van der Waals surface area contributed by atoms with Gasteiger partial charge in [0.25, 0.3) is 5.91 Å². The van der Waals surface area contributed by atoms with Crippen LogP contribution in [-0.2, 0) is 6.18 Å². The van der Waals surface area contributed by atoms with Crippen molar-refractivity contribution in [2.75, 3.05) is 31.1 Å². The summed E-state index contributed by atoms with van der Waals surface area (Å²) in [4.78, 5) is 19.8. The van der Waals surface area contributed by atoms with Crippen LogP contribution < -0.4 is 4.90 Å². The van der Waals surface area contributed by atoms with Gasteiger partial charge in [-0.1, -0.05) is 23.2 Å². The summed E-state index contributed by atoms with van der Waals surface area (Å²) in [6.45, 7) is 1.79. The third-order valence-electron chi connectivity index (χ3n) is 3.85. The number of nitrogens with zero attached hydrogens (tertiary/aromatic N) is 3. The Kier molecular flexibility index (Phi) is 5.13. The molecular formula is C15H12Cl2F3N3OS. The van der Waals surface area contributed by atoms with Crippen molar-refractivity contribution in [1.29, 1.82) is 0 Å². The van der Waals surface area contributed by atoms with Crippen LogP contribution >= 0.6 is 34.5 Å². The molecule has 0 bridgehead atoms. The molecule has 0 radical (unpaired) electrons. The molecule has 134 valence electrons. The van der Waals surface area contributed by atoms with E-state index in [1.807, 2.05) is 4.90 Å². The van der Waals surface area contributed by atoms with E-state index in [1.54, 1.807) is 11.0 Å². The van der Waals surface area contributed by atoms with Crippen LogP contribution in [0, 0.1) is 0 Å². The SMILES string of the molecule is O=C(c1cc(Cl)sc1Cl)N1CCN(c2ccc(C(F)(F)F)cn2)CC1. The van der Waals surface area contributed by atoms with Crippen LogP contribution in [0.25, 0.3) is 0 Å². The number of alkyl halides is 3. The number of halogens is 5. The van der Waals surface area contributed by atoms with E-state index >= 15 is 0 Å². The molecule has 3 rings (SSSR count). The van der Waals surface area contributed by atoms with Crippen molar-refractivity contribution in [2.24, 2.45) is 0 Å². The number of carbonyl (C=O) groups is 1. The summed E-state index contributed by atoms with van der Waals surface area (Å²) in [6, 6.07) is 3.89. The molecule has 0 atom stereocenters. The maximum Gasteiger partial charge on any atom is 0.417 e. The molecule has 0 aliphatic carbocycles. The summed E-state index contributed by atoms with van der Waals surface area (Å²) in [5.74, 6) is 0.255. The quantitative estimate of drug-likeness (QED) is 0.735. The molecule has 10 heteroatoms. The van der Waals surface area contributed by atoms with Crippen LogP contribution in [0.5, 0.6) is 0 Å². The predicted octanol–water partition coefficient (Wildman–Crippen LogP) is 4.43. The average molecular weight is 410 g/mol. The second kappa shape index (κ2) is 7.01. The topological polar surface area (TPSA) is 36.4 Å². The molecule has 4 nitrogen and oxygen atoms in total. The van der Waals surface area contributed by atoms with E-state index in [2.05, 4.69) is 4.98 Å². The number of hydrogen-bond donors (Lipinski definition) is 0. The van der Waals surface area contributed by atoms with Crippen molar-refractivity contribution in [3.05, 3.63) is 44.2 Å². The van der Waals surface area contributed by atoms with Crippen LogP contribution in [0.3, 0.4) is 0 Å². The molecular weight excluding hydrogens is 398 g/mol. The van der Waals surface area contributed by atoms with Gasteiger partial charge in [-0.2, -0.15) is 13.2 Å². The molecule has 0 spiro atoms. The number of pyridine rings is 1. The number of carbonyl (C=O) groups excluding carboxylic acids is 1. The zero-order chi connectivity index (χ0) is 18.2. The lowest BCUT2D eigenvalue weighted by atomic mass is 10.2. The summed E-state index contributed by atoms with van der Waals surface area (Å²) < 4.78 is 38.5. The van der Waals surface area contributed by atoms with Crippen molar-refractivity contribution in [3.8, 4) is 0 Å². The first-order valence-corrected chi connectivity index (χ1v) is 8.85. The van der Waals surface area contributed by atoms with Gasteiger partial charge in [0.1, 0.15) is 10.2 Å². The Bertz CT molecular complexity index is 771. The fourth-order valence-corrected chi connectivity index (χ4v) is 3.98. The minimum Gasteiger partial charge on any atom is -0.353 e. The molecule has 25 heavy (non-hydrogen) atoms. The van der Waals surface area contributed by atoms with Gasteiger partial charge in [-0.25, -0.2) is 4.98 Å². The van der Waals surface area contributed by atoms with Crippen LogP contribution in [0.4, 0.5) is 19.0 Å². The highest BCUT2D eigenvalue weighted by Crippen LogP contribution is 2.32. The van der Waals surface area contributed by atoms with Crippen molar-refractivity contribution in [2.45, 2.75) is 6.18 Å². The number of piperazine rings is 1. The lowest BCUT2D eigenvalue weighted by molar-refractivity contribution is -0.137. The van der Waals surface area contributed by atoms with Crippen LogP contribution in [0.1, 0.15) is 15.9 Å². The molecule has 3 heterocycles. The molecule has 1 saturated heterocycles. The molecule has 0 unspecified atom stereocenters. The highest BCUT2D eigenvalue weighted by molar-refractivity contribution is 7.20. The van der Waals surface area contributed by atoms with E-state index in [0.717, 1.165) is 23.6 Å². The zero-order valence-electron chi connectivity index (χ0n) is 12.7. The summed E-state index contributed by atoms with van der Waals surface area (Å²) in [5.41, 5.74) is -0.410. The summed E-state index contributed by atoms with van der Waals surface area (Å²) >= 11 is 13.0. The van der Waals surface area contributed by atoms with E-state index in [4.69, 9.17) is 23.2 Å². The van der Waals surface area contributed by atoms with Gasteiger partial charge in [-0.3, -0.25) is 4.79 Å². The zero-order valence-corrected chi connectivity index (χ0v) is 15.0. The van der Waals surface area contributed by atoms with Gasteiger partial charge in [0.2, 0.25) is 0 Å². The molecule has 1 amide bonds. The minimum absolute atomic E-state index is 0.201. The van der Waals surface area contributed by atoms with Gasteiger partial charge in [-0.15, -0.1) is 11.3 Å². The maximum absolute atomic E-state index is 12.6. The number of anilines is 1. The molecule has 0 aromatic carbocycles. The van der Waals surface area contributed by atoms with Crippen molar-refractivity contribution in [1.82, 2.24) is 9.88 Å². The minimum atomic E-state index is -4.41. The second-order valence-electron chi connectivity index (χ2n) is 5.42. The van der Waals surface area contributed by atoms with E-state index in [0.29, 0.717) is 46.2 Å². The van der Waals surface area contributed by atoms with Gasteiger partial charge in [-0.05, 0) is 18.2 Å². The van der Waals surface area contributed by atoms with E-state index in [1.165, 1.54) is 6.07 Å². The molecule has 2 aromatic heterocycles. The largest absolute Gasteiger partial charge is 0.417 e. The van der Waals surface area contributed by atoms with Crippen LogP contribution in [0.2, 0.25) is 8.67 Å². The fraction of sp³-hybridized carbons (Fsp3) is 0.333. The first-order valence-electron chi connectivity index (χ1n) is 7.28. The molecule has 1 aliphatic rings. The Morgan fingerprint density at radius 3 is 2.32 bits per heavy atom. The smallest absolute Gasteiger partial charge is 0.353 e. The Morgan fingerprint density at radius 2 is 1.84 bits per heavy atom. The second-order valence-corrected chi connectivity index (χ2v) is 7.71. The van der Waals surface area contributed by atoms with Gasteiger partial charge in [0, 0.05) is 32.4 Å². The van der Waals surface area contributed by atoms with Gasteiger partial charge in [0.05, 0.1) is 15.5 Å². The van der Waals surface area contributed by atoms with Crippen molar-refractivity contribution < 1.29 is 18.0 Å². The highest BCUT2D eigenvalue weighted by atomic mass is 35.5. The Balaban J connectivity index is 1.64. The molecule has 1 aliphatic heterocycles. The van der Waals surface area contributed by atoms with E-state index < -0.39 is 11.7 Å². The average Bonchev–Trinajstić information content (AvgIpc) is 2.92. The van der Waals surface area contributed by atoms with Crippen molar-refractivity contribution in [3.63, 3.8) is 0 Å². The number of thiophene rings is 1. The molecule has 0 saturated carbocycles. The van der Waals surface area contributed by atoms with Gasteiger partial charge >= 0.3 is 6.18 Å². The lowest BCUT2D eigenvalue weighted by Crippen LogP contribution is -2.49. The maximum atomic E-state index is 12.6. The standard InChI is InChI=1S/C15H12Cl2F3N3OS/c16-11-7-10(13(17)25-11)14(24)23-5-3-22(4-6-23)12-2-1-9(8-21-12)15(18,19)20/h1-2,7-8H,3-6H2. The third-order valence-corrected chi connectivity index (χ3v) is 5.34. The highest BCUT2D eigenvalue weighted by Gasteiger charge is 2.31. The number of rotatable bonds is 2. The first kappa shape index (κ1) is 18.3. The van der Waals surface area contributed by atoms with E-state index in [9.17, 15) is 18.0 Å². The number of hydrogen-bond acceptors (Lipinski definition) is 4. The Hall–Kier alpha value is -1.51. The first-order chi connectivity index (χ1) is 11.8. The summed E-state index contributed by atoms with van der Waals surface area (Å²) in [5, 5.41) is 0. The molecule has 1 fully saturated rings. The number of aromatic nitrogens is 1. The van der Waals surface area contributed by atoms with Crippen molar-refractivity contribution >= 4 is 46.3 Å². The number of amides is 1. The monoisotopic (exact) mass is 409 g/mol. The van der Waals surface area contributed by atoms with Crippen LogP contribution in [0.15, 0.2) is 24.4 Å². The summed E-state index contributed by atoms with van der Waals surface area (Å²) in [7, 11) is 0. The van der Waals surface area contributed by atoms with Gasteiger partial charge < -0.3 is 9.80 Å². The normalized spacial score (nSPS) is 15.6. The molecule has 2 aromatic rings. The molecule has 0 N–H and O–H groups in total. The van der Waals surface area contributed by atoms with E-state index in [-0.39, 0.29) is 5.91 Å². The van der Waals surface area contributed by atoms with Crippen LogP contribution in [-0.4, -0.2) is 42.0 Å². The Morgan fingerprint density at radius 1 is 1.16 bits per heavy atom. The Labute approximate surface area is 155 Å². The lowest BCUT2D eigenvalue weighted by Gasteiger charge is -2.35. The fourth-order valence-electron chi connectivity index (χ4n) is 2.54. The summed E-state index contributed by atoms with van der Waals surface area (Å²) in [6.07, 6.45) is -3.59. The predicted molar refractivity (Wildman–Crippen MR) is 91.7 cm³/mol.